The lowest BCUT2D eigenvalue weighted by atomic mass is 10.3. The van der Waals surface area contributed by atoms with E-state index in [1.807, 2.05) is 0 Å². The highest BCUT2D eigenvalue weighted by molar-refractivity contribution is 5.76. The first kappa shape index (κ1) is 12.3. The summed E-state index contributed by atoms with van der Waals surface area (Å²) in [6, 6.07) is 0. The number of carboxylic acid groups (broad SMARTS) is 1. The van der Waals surface area contributed by atoms with Crippen LogP contribution in [0, 0.1) is 6.92 Å². The van der Waals surface area contributed by atoms with Crippen LogP contribution in [0.3, 0.4) is 0 Å². The molecule has 13 heavy (non-hydrogen) atoms. The normalized spacial score (nSPS) is 11.6. The van der Waals surface area contributed by atoms with E-state index in [2.05, 4.69) is 16.4 Å². The van der Waals surface area contributed by atoms with Crippen molar-refractivity contribution in [1.82, 2.24) is 0 Å². The fourth-order valence-electron chi connectivity index (χ4n) is 0.586. The van der Waals surface area contributed by atoms with Crippen LogP contribution in [0.15, 0.2) is 0 Å². The first-order valence-electron chi connectivity index (χ1n) is 3.65. The summed E-state index contributed by atoms with van der Waals surface area (Å²) < 4.78 is 9.30. The average molecular weight is 193 g/mol. The molecule has 0 amide bonds. The molecule has 0 aromatic carbocycles. The molecule has 0 heterocycles. The van der Waals surface area contributed by atoms with Crippen LogP contribution in [0.4, 0.5) is 0 Å². The molecule has 0 saturated heterocycles. The maximum Gasteiger partial charge on any atom is 0.364 e. The van der Waals surface area contributed by atoms with Gasteiger partial charge in [0.25, 0.3) is 5.79 Å². The van der Waals surface area contributed by atoms with Gasteiger partial charge < -0.3 is 24.8 Å². The minimum Gasteiger partial charge on any atom is -0.477 e. The molecule has 0 unspecified atom stereocenters. The standard InChI is InChI=1S/C7H13O6/c1-7(6(10)11,12-4-2-8)13-5-3-9/h8-9H,1-5H2,(H,10,11). The summed E-state index contributed by atoms with van der Waals surface area (Å²) in [7, 11) is 0. The van der Waals surface area contributed by atoms with E-state index in [-0.39, 0.29) is 26.4 Å². The Morgan fingerprint density at radius 2 is 1.62 bits per heavy atom. The van der Waals surface area contributed by atoms with Crippen LogP contribution in [0.25, 0.3) is 0 Å². The highest BCUT2D eigenvalue weighted by Crippen LogP contribution is 2.11. The summed E-state index contributed by atoms with van der Waals surface area (Å²) in [5.41, 5.74) is 0. The maximum absolute atomic E-state index is 10.6. The van der Waals surface area contributed by atoms with Crippen molar-refractivity contribution in [2.45, 2.75) is 5.79 Å². The number of aliphatic hydroxyl groups is 2. The summed E-state index contributed by atoms with van der Waals surface area (Å²) in [6.07, 6.45) is 0. The summed E-state index contributed by atoms with van der Waals surface area (Å²) in [6.45, 7) is 2.14. The molecule has 3 N–H and O–H groups in total. The Hall–Kier alpha value is -0.690. The summed E-state index contributed by atoms with van der Waals surface area (Å²) in [5, 5.41) is 25.4. The average Bonchev–Trinajstić information content (AvgIpc) is 2.11. The van der Waals surface area contributed by atoms with Gasteiger partial charge in [0.2, 0.25) is 0 Å². The summed E-state index contributed by atoms with van der Waals surface area (Å²) in [4.78, 5) is 10.6. The van der Waals surface area contributed by atoms with Crippen molar-refractivity contribution in [2.75, 3.05) is 26.4 Å². The Bertz CT molecular complexity index is 149. The molecule has 77 valence electrons. The zero-order valence-corrected chi connectivity index (χ0v) is 7.10. The number of carbonyl (C=O) groups is 1. The van der Waals surface area contributed by atoms with Gasteiger partial charge in [-0.15, -0.1) is 0 Å². The van der Waals surface area contributed by atoms with Crippen LogP contribution in [0.5, 0.6) is 0 Å². The van der Waals surface area contributed by atoms with E-state index in [0.29, 0.717) is 0 Å². The van der Waals surface area contributed by atoms with Gasteiger partial charge in [-0.3, -0.25) is 0 Å². The number of aliphatic carboxylic acids is 1. The van der Waals surface area contributed by atoms with Crippen LogP contribution >= 0.6 is 0 Å². The molecule has 0 aromatic heterocycles. The second kappa shape index (κ2) is 5.87. The first-order valence-corrected chi connectivity index (χ1v) is 3.65. The van der Waals surface area contributed by atoms with Crippen molar-refractivity contribution < 1.29 is 29.6 Å². The lowest BCUT2D eigenvalue weighted by Crippen LogP contribution is -2.43. The van der Waals surface area contributed by atoms with Gasteiger partial charge in [0.15, 0.2) is 0 Å². The van der Waals surface area contributed by atoms with E-state index < -0.39 is 11.8 Å². The summed E-state index contributed by atoms with van der Waals surface area (Å²) >= 11 is 0. The van der Waals surface area contributed by atoms with E-state index in [9.17, 15) is 4.79 Å². The Morgan fingerprint density at radius 1 is 1.23 bits per heavy atom. The largest absolute Gasteiger partial charge is 0.477 e. The molecule has 0 aliphatic carbocycles. The van der Waals surface area contributed by atoms with Crippen molar-refractivity contribution in [1.29, 1.82) is 0 Å². The van der Waals surface area contributed by atoms with Gasteiger partial charge in [-0.2, -0.15) is 0 Å². The van der Waals surface area contributed by atoms with Gasteiger partial charge >= 0.3 is 5.97 Å². The number of carboxylic acids is 1. The Kier molecular flexibility index (Phi) is 5.56. The smallest absolute Gasteiger partial charge is 0.364 e. The Morgan fingerprint density at radius 3 is 1.85 bits per heavy atom. The highest BCUT2D eigenvalue weighted by atomic mass is 16.7. The van der Waals surface area contributed by atoms with Crippen LogP contribution in [0.2, 0.25) is 0 Å². The molecule has 0 aliphatic rings. The molecular weight excluding hydrogens is 180 g/mol. The number of hydrogen-bond acceptors (Lipinski definition) is 5. The zero-order valence-electron chi connectivity index (χ0n) is 7.10. The van der Waals surface area contributed by atoms with E-state index in [0.717, 1.165) is 0 Å². The Balaban J connectivity index is 4.08. The number of rotatable bonds is 7. The molecule has 0 aliphatic heterocycles. The molecule has 0 atom stereocenters. The molecule has 6 heteroatoms. The van der Waals surface area contributed by atoms with E-state index in [4.69, 9.17) is 15.3 Å². The van der Waals surface area contributed by atoms with Crippen LogP contribution in [0.1, 0.15) is 0 Å². The number of aliphatic hydroxyl groups excluding tert-OH is 2. The third kappa shape index (κ3) is 4.18. The van der Waals surface area contributed by atoms with Gasteiger partial charge in [0.05, 0.1) is 26.4 Å². The molecule has 0 rings (SSSR count). The monoisotopic (exact) mass is 193 g/mol. The van der Waals surface area contributed by atoms with Crippen LogP contribution in [-0.2, 0) is 14.3 Å². The molecule has 6 nitrogen and oxygen atoms in total. The number of ether oxygens (including phenoxy) is 2. The quantitative estimate of drug-likeness (QED) is 0.431. The van der Waals surface area contributed by atoms with Gasteiger partial charge in [-0.1, -0.05) is 0 Å². The molecule has 0 spiro atoms. The van der Waals surface area contributed by atoms with Crippen molar-refractivity contribution in [3.8, 4) is 0 Å². The second-order valence-corrected chi connectivity index (χ2v) is 2.20. The molecule has 1 radical (unpaired) electrons. The van der Waals surface area contributed by atoms with E-state index >= 15 is 0 Å². The van der Waals surface area contributed by atoms with Crippen molar-refractivity contribution in [3.63, 3.8) is 0 Å². The second-order valence-electron chi connectivity index (χ2n) is 2.20. The third-order valence-electron chi connectivity index (χ3n) is 1.18. The maximum atomic E-state index is 10.6. The van der Waals surface area contributed by atoms with E-state index in [1.165, 1.54) is 0 Å². The number of hydrogen-bond donors (Lipinski definition) is 3. The minimum absolute atomic E-state index is 0.193. The predicted octanol–water partition coefficient (Wildman–Crippen LogP) is -1.38. The van der Waals surface area contributed by atoms with Gasteiger partial charge in [0.1, 0.15) is 0 Å². The minimum atomic E-state index is -2.05. The van der Waals surface area contributed by atoms with Crippen molar-refractivity contribution in [2.24, 2.45) is 0 Å². The van der Waals surface area contributed by atoms with Crippen LogP contribution in [-0.4, -0.2) is 53.5 Å². The van der Waals surface area contributed by atoms with Crippen molar-refractivity contribution >= 4 is 5.97 Å². The fourth-order valence-corrected chi connectivity index (χ4v) is 0.586. The van der Waals surface area contributed by atoms with Crippen molar-refractivity contribution in [3.05, 3.63) is 6.92 Å². The highest BCUT2D eigenvalue weighted by Gasteiger charge is 2.35. The third-order valence-corrected chi connectivity index (χ3v) is 1.18. The first-order chi connectivity index (χ1) is 6.06. The topological polar surface area (TPSA) is 96.2 Å². The van der Waals surface area contributed by atoms with Gasteiger partial charge in [-0.25, -0.2) is 4.79 Å². The van der Waals surface area contributed by atoms with E-state index in [1.54, 1.807) is 0 Å². The SMILES string of the molecule is [CH2]C(OCCO)(OCCO)C(=O)O. The lowest BCUT2D eigenvalue weighted by molar-refractivity contribution is -0.228. The molecule has 0 aromatic rings. The van der Waals surface area contributed by atoms with Crippen LogP contribution < -0.4 is 0 Å². The van der Waals surface area contributed by atoms with Gasteiger partial charge in [0, 0.05) is 6.92 Å². The fraction of sp³-hybridized carbons (Fsp3) is 0.714. The Labute approximate surface area is 75.7 Å². The van der Waals surface area contributed by atoms with Gasteiger partial charge in [-0.05, 0) is 0 Å². The predicted molar refractivity (Wildman–Crippen MR) is 41.8 cm³/mol. The summed E-state index contributed by atoms with van der Waals surface area (Å²) in [5.74, 6) is -3.46. The molecule has 0 bridgehead atoms. The molecule has 0 saturated carbocycles. The molecular formula is C7H13O6. The zero-order chi connectivity index (χ0) is 10.3. The molecule has 0 fully saturated rings. The lowest BCUT2D eigenvalue weighted by Gasteiger charge is -2.24.